The molecule has 13 heavy (non-hydrogen) atoms. The molecule has 0 heterocycles. The van der Waals surface area contributed by atoms with Gasteiger partial charge in [-0.25, -0.2) is 0 Å². The average Bonchev–Trinajstić information content (AvgIpc) is 1.82. The molecule has 0 saturated heterocycles. The molecule has 0 aromatic carbocycles. The highest BCUT2D eigenvalue weighted by atomic mass is 32.2. The number of carbonyl (C=O) groups excluding carboxylic acids is 1. The summed E-state index contributed by atoms with van der Waals surface area (Å²) in [5.74, 6) is -0.169. The number of hydrogen-bond donors (Lipinski definition) is 1. The second-order valence-corrected chi connectivity index (χ2v) is 6.04. The topological polar surface area (TPSA) is 71.4 Å². The number of carbonyl (C=O) groups is 1. The van der Waals surface area contributed by atoms with Gasteiger partial charge in [0, 0.05) is 11.8 Å². The molecule has 0 rings (SSSR count). The molecule has 0 aromatic rings. The highest BCUT2D eigenvalue weighted by molar-refractivity contribution is 7.86. The maximum Gasteiger partial charge on any atom is 0.267 e. The molecular formula is C8H16O4S. The maximum atomic E-state index is 11.3. The lowest BCUT2D eigenvalue weighted by Gasteiger charge is -2.18. The van der Waals surface area contributed by atoms with Crippen molar-refractivity contribution in [3.63, 3.8) is 0 Å². The van der Waals surface area contributed by atoms with Crippen LogP contribution in [0.15, 0.2) is 0 Å². The van der Waals surface area contributed by atoms with E-state index in [1.165, 1.54) is 6.92 Å². The Kier molecular flexibility index (Phi) is 3.63. The normalized spacial score (nSPS) is 15.5. The molecule has 4 nitrogen and oxygen atoms in total. The molecule has 0 amide bonds. The summed E-state index contributed by atoms with van der Waals surface area (Å²) in [6.07, 6.45) is -0.137. The van der Waals surface area contributed by atoms with Crippen LogP contribution in [0.2, 0.25) is 0 Å². The van der Waals surface area contributed by atoms with Gasteiger partial charge in [-0.1, -0.05) is 20.8 Å². The lowest BCUT2D eigenvalue weighted by Crippen LogP contribution is -2.27. The molecule has 0 radical (unpaired) electrons. The Hall–Kier alpha value is -0.420. The van der Waals surface area contributed by atoms with Crippen LogP contribution in [-0.4, -0.2) is 24.0 Å². The average molecular weight is 208 g/mol. The van der Waals surface area contributed by atoms with E-state index < -0.39 is 20.8 Å². The van der Waals surface area contributed by atoms with Crippen LogP contribution in [0.1, 0.15) is 34.1 Å². The van der Waals surface area contributed by atoms with Crippen LogP contribution in [0, 0.1) is 5.41 Å². The van der Waals surface area contributed by atoms with E-state index in [4.69, 9.17) is 4.55 Å². The Bertz CT molecular complexity index is 284. The van der Waals surface area contributed by atoms with Gasteiger partial charge in [-0.3, -0.25) is 9.35 Å². The molecule has 0 aliphatic rings. The van der Waals surface area contributed by atoms with Crippen LogP contribution in [-0.2, 0) is 14.9 Å². The Morgan fingerprint density at radius 3 is 2.00 bits per heavy atom. The summed E-state index contributed by atoms with van der Waals surface area (Å²) in [5, 5.41) is -1.01. The Morgan fingerprint density at radius 2 is 1.77 bits per heavy atom. The van der Waals surface area contributed by atoms with E-state index in [2.05, 4.69) is 0 Å². The first-order chi connectivity index (χ1) is 5.55. The van der Waals surface area contributed by atoms with Crippen molar-refractivity contribution >= 4 is 15.9 Å². The molecule has 78 valence electrons. The van der Waals surface area contributed by atoms with Crippen LogP contribution in [0.25, 0.3) is 0 Å². The van der Waals surface area contributed by atoms with Crippen LogP contribution in [0.4, 0.5) is 0 Å². The smallest absolute Gasteiger partial charge is 0.267 e. The van der Waals surface area contributed by atoms with Gasteiger partial charge in [0.15, 0.2) is 0 Å². The van der Waals surface area contributed by atoms with Crippen molar-refractivity contribution in [3.8, 4) is 0 Å². The second kappa shape index (κ2) is 3.75. The third-order valence-corrected chi connectivity index (χ3v) is 3.00. The van der Waals surface area contributed by atoms with Crippen LogP contribution >= 0.6 is 0 Å². The third-order valence-electron chi connectivity index (χ3n) is 1.82. The molecule has 1 atom stereocenters. The summed E-state index contributed by atoms with van der Waals surface area (Å²) in [4.78, 5) is 11.3. The number of Topliss-reactive ketones (excluding diaryl/α,β-unsaturated/α-hetero) is 1. The minimum absolute atomic E-state index is 0.137. The summed E-state index contributed by atoms with van der Waals surface area (Å²) in [6, 6.07) is 0. The van der Waals surface area contributed by atoms with Gasteiger partial charge in [0.1, 0.15) is 5.78 Å². The number of hydrogen-bond acceptors (Lipinski definition) is 3. The van der Waals surface area contributed by atoms with Crippen LogP contribution in [0.5, 0.6) is 0 Å². The predicted molar refractivity (Wildman–Crippen MR) is 50.1 cm³/mol. The van der Waals surface area contributed by atoms with E-state index in [0.29, 0.717) is 0 Å². The van der Waals surface area contributed by atoms with Crippen molar-refractivity contribution in [2.45, 2.75) is 39.4 Å². The monoisotopic (exact) mass is 208 g/mol. The minimum atomic E-state index is -4.08. The lowest BCUT2D eigenvalue weighted by molar-refractivity contribution is -0.126. The second-order valence-electron chi connectivity index (χ2n) is 4.20. The molecule has 0 aromatic heterocycles. The summed E-state index contributed by atoms with van der Waals surface area (Å²) in [7, 11) is -4.08. The van der Waals surface area contributed by atoms with Crippen molar-refractivity contribution in [2.75, 3.05) is 0 Å². The van der Waals surface area contributed by atoms with Crippen LogP contribution in [0.3, 0.4) is 0 Å². The molecule has 1 N–H and O–H groups in total. The molecular weight excluding hydrogens is 192 g/mol. The first-order valence-electron chi connectivity index (χ1n) is 4.04. The SMILES string of the molecule is CC(CC(=O)C(C)(C)C)S(=O)(=O)O. The molecule has 0 saturated carbocycles. The Balaban J connectivity index is 4.42. The minimum Gasteiger partial charge on any atom is -0.299 e. The zero-order valence-electron chi connectivity index (χ0n) is 8.36. The zero-order chi connectivity index (χ0) is 10.9. The highest BCUT2D eigenvalue weighted by Crippen LogP contribution is 2.19. The van der Waals surface area contributed by atoms with E-state index in [1.54, 1.807) is 20.8 Å². The summed E-state index contributed by atoms with van der Waals surface area (Å²) >= 11 is 0. The third kappa shape index (κ3) is 4.38. The van der Waals surface area contributed by atoms with E-state index in [1.807, 2.05) is 0 Å². The van der Waals surface area contributed by atoms with Gasteiger partial charge < -0.3 is 0 Å². The molecule has 1 unspecified atom stereocenters. The van der Waals surface area contributed by atoms with Gasteiger partial charge in [-0.2, -0.15) is 8.42 Å². The van der Waals surface area contributed by atoms with Gasteiger partial charge in [0.05, 0.1) is 5.25 Å². The van der Waals surface area contributed by atoms with Gasteiger partial charge >= 0.3 is 0 Å². The fourth-order valence-electron chi connectivity index (χ4n) is 0.673. The zero-order valence-corrected chi connectivity index (χ0v) is 9.18. The molecule has 0 fully saturated rings. The number of ketones is 1. The Labute approximate surface area is 79.1 Å². The van der Waals surface area contributed by atoms with Crippen molar-refractivity contribution in [2.24, 2.45) is 5.41 Å². The maximum absolute atomic E-state index is 11.3. The standard InChI is InChI=1S/C8H16O4S/c1-6(13(10,11)12)5-7(9)8(2,3)4/h6H,5H2,1-4H3,(H,10,11,12). The molecule has 0 spiro atoms. The first kappa shape index (κ1) is 12.6. The van der Waals surface area contributed by atoms with E-state index in [-0.39, 0.29) is 12.2 Å². The van der Waals surface area contributed by atoms with Crippen LogP contribution < -0.4 is 0 Å². The highest BCUT2D eigenvalue weighted by Gasteiger charge is 2.27. The summed E-state index contributed by atoms with van der Waals surface area (Å²) in [5.41, 5.74) is -0.557. The van der Waals surface area contributed by atoms with Gasteiger partial charge in [-0.15, -0.1) is 0 Å². The number of rotatable bonds is 3. The summed E-state index contributed by atoms with van der Waals surface area (Å²) in [6.45, 7) is 6.46. The van der Waals surface area contributed by atoms with Gasteiger partial charge in [-0.05, 0) is 6.92 Å². The predicted octanol–water partition coefficient (Wildman–Crippen LogP) is 1.27. The van der Waals surface area contributed by atoms with Crippen molar-refractivity contribution in [1.82, 2.24) is 0 Å². The largest absolute Gasteiger partial charge is 0.299 e. The summed E-state index contributed by atoms with van der Waals surface area (Å²) < 4.78 is 29.8. The lowest BCUT2D eigenvalue weighted by atomic mass is 9.88. The molecule has 0 aliphatic heterocycles. The van der Waals surface area contributed by atoms with Gasteiger partial charge in [0.25, 0.3) is 10.1 Å². The molecule has 0 aliphatic carbocycles. The van der Waals surface area contributed by atoms with Crippen molar-refractivity contribution in [3.05, 3.63) is 0 Å². The van der Waals surface area contributed by atoms with Gasteiger partial charge in [0.2, 0.25) is 0 Å². The fraction of sp³-hybridized carbons (Fsp3) is 0.875. The Morgan fingerprint density at radius 1 is 1.38 bits per heavy atom. The fourth-order valence-corrected chi connectivity index (χ4v) is 1.03. The quantitative estimate of drug-likeness (QED) is 0.709. The van der Waals surface area contributed by atoms with E-state index in [9.17, 15) is 13.2 Å². The van der Waals surface area contributed by atoms with E-state index >= 15 is 0 Å². The first-order valence-corrected chi connectivity index (χ1v) is 5.55. The van der Waals surface area contributed by atoms with Crippen molar-refractivity contribution < 1.29 is 17.8 Å². The molecule has 5 heteroatoms. The van der Waals surface area contributed by atoms with E-state index in [0.717, 1.165) is 0 Å². The van der Waals surface area contributed by atoms with Crippen molar-refractivity contribution in [1.29, 1.82) is 0 Å². The molecule has 0 bridgehead atoms.